The third-order valence-corrected chi connectivity index (χ3v) is 4.96. The molecule has 0 radical (unpaired) electrons. The molecule has 1 aromatic carbocycles. The van der Waals surface area contributed by atoms with Crippen LogP contribution in [0.4, 0.5) is 0 Å². The highest BCUT2D eigenvalue weighted by molar-refractivity contribution is 5.49. The van der Waals surface area contributed by atoms with E-state index in [9.17, 15) is 0 Å². The Morgan fingerprint density at radius 2 is 2.10 bits per heavy atom. The lowest BCUT2D eigenvalue weighted by Gasteiger charge is -2.28. The molecule has 20 heavy (non-hydrogen) atoms. The Labute approximate surface area is 123 Å². The van der Waals surface area contributed by atoms with E-state index in [0.29, 0.717) is 6.04 Å². The van der Waals surface area contributed by atoms with Crippen molar-refractivity contribution in [3.05, 3.63) is 28.8 Å². The van der Waals surface area contributed by atoms with Crippen molar-refractivity contribution in [3.63, 3.8) is 0 Å². The standard InChI is InChI=1S/C18H29NO/c1-6-11-19-15-9-10-18(4,12-15)16-8-7-13(2)14(3)17(16)20-5/h7-8,15,19H,6,9-12H2,1-5H3. The van der Waals surface area contributed by atoms with Crippen LogP contribution < -0.4 is 10.1 Å². The van der Waals surface area contributed by atoms with Gasteiger partial charge in [0.15, 0.2) is 0 Å². The van der Waals surface area contributed by atoms with Gasteiger partial charge in [-0.15, -0.1) is 0 Å². The van der Waals surface area contributed by atoms with Crippen LogP contribution in [-0.4, -0.2) is 19.7 Å². The van der Waals surface area contributed by atoms with Gasteiger partial charge in [-0.05, 0) is 62.6 Å². The van der Waals surface area contributed by atoms with Gasteiger partial charge < -0.3 is 10.1 Å². The predicted molar refractivity (Wildman–Crippen MR) is 85.8 cm³/mol. The van der Waals surface area contributed by atoms with E-state index in [-0.39, 0.29) is 5.41 Å². The molecule has 0 saturated heterocycles. The van der Waals surface area contributed by atoms with E-state index in [1.54, 1.807) is 7.11 Å². The summed E-state index contributed by atoms with van der Waals surface area (Å²) in [5.41, 5.74) is 4.24. The minimum absolute atomic E-state index is 0.245. The SMILES string of the molecule is CCCNC1CCC(C)(c2ccc(C)c(C)c2OC)C1. The van der Waals surface area contributed by atoms with Crippen molar-refractivity contribution in [2.24, 2.45) is 0 Å². The van der Waals surface area contributed by atoms with Gasteiger partial charge in [0.05, 0.1) is 7.11 Å². The first-order valence-electron chi connectivity index (χ1n) is 7.90. The summed E-state index contributed by atoms with van der Waals surface area (Å²) in [6.45, 7) is 10.1. The van der Waals surface area contributed by atoms with Crippen molar-refractivity contribution in [1.29, 1.82) is 0 Å². The van der Waals surface area contributed by atoms with Gasteiger partial charge in [-0.25, -0.2) is 0 Å². The van der Waals surface area contributed by atoms with Gasteiger partial charge in [0.2, 0.25) is 0 Å². The maximum absolute atomic E-state index is 5.73. The molecule has 1 aliphatic carbocycles. The quantitative estimate of drug-likeness (QED) is 0.872. The molecule has 1 aliphatic rings. The molecular formula is C18H29NO. The molecule has 2 atom stereocenters. The van der Waals surface area contributed by atoms with Gasteiger partial charge in [-0.3, -0.25) is 0 Å². The molecule has 0 amide bonds. The van der Waals surface area contributed by atoms with Gasteiger partial charge in [-0.1, -0.05) is 26.0 Å². The molecule has 2 unspecified atom stereocenters. The molecule has 1 fully saturated rings. The van der Waals surface area contributed by atoms with E-state index in [1.165, 1.54) is 42.4 Å². The Morgan fingerprint density at radius 1 is 1.35 bits per heavy atom. The minimum atomic E-state index is 0.245. The molecule has 1 aromatic rings. The van der Waals surface area contributed by atoms with Gasteiger partial charge in [0.1, 0.15) is 5.75 Å². The fourth-order valence-corrected chi connectivity index (χ4v) is 3.54. The van der Waals surface area contributed by atoms with E-state index in [0.717, 1.165) is 12.3 Å². The third kappa shape index (κ3) is 2.85. The van der Waals surface area contributed by atoms with Crippen molar-refractivity contribution in [2.75, 3.05) is 13.7 Å². The Balaban J connectivity index is 2.25. The highest BCUT2D eigenvalue weighted by Crippen LogP contribution is 2.45. The molecule has 112 valence electrons. The van der Waals surface area contributed by atoms with Crippen molar-refractivity contribution >= 4 is 0 Å². The second kappa shape index (κ2) is 6.17. The largest absolute Gasteiger partial charge is 0.496 e. The van der Waals surface area contributed by atoms with E-state index in [4.69, 9.17) is 4.74 Å². The normalized spacial score (nSPS) is 25.9. The number of hydrogen-bond acceptors (Lipinski definition) is 2. The number of ether oxygens (including phenoxy) is 1. The monoisotopic (exact) mass is 275 g/mol. The first kappa shape index (κ1) is 15.4. The summed E-state index contributed by atoms with van der Waals surface area (Å²) in [5, 5.41) is 3.68. The first-order chi connectivity index (χ1) is 9.51. The number of rotatable bonds is 5. The number of benzene rings is 1. The number of methoxy groups -OCH3 is 1. The van der Waals surface area contributed by atoms with Crippen molar-refractivity contribution in [1.82, 2.24) is 5.32 Å². The zero-order valence-corrected chi connectivity index (χ0v) is 13.7. The fourth-order valence-electron chi connectivity index (χ4n) is 3.54. The highest BCUT2D eigenvalue weighted by atomic mass is 16.5. The van der Waals surface area contributed by atoms with E-state index in [2.05, 4.69) is 45.1 Å². The lowest BCUT2D eigenvalue weighted by atomic mass is 9.79. The van der Waals surface area contributed by atoms with Crippen molar-refractivity contribution in [3.8, 4) is 5.75 Å². The van der Waals surface area contributed by atoms with Crippen LogP contribution in [0, 0.1) is 13.8 Å². The molecular weight excluding hydrogens is 246 g/mol. The van der Waals surface area contributed by atoms with Crippen LogP contribution in [0.5, 0.6) is 5.75 Å². The molecule has 2 heteroatoms. The number of nitrogens with one attached hydrogen (secondary N) is 1. The fraction of sp³-hybridized carbons (Fsp3) is 0.667. The van der Waals surface area contributed by atoms with Crippen LogP contribution in [0.2, 0.25) is 0 Å². The van der Waals surface area contributed by atoms with Gasteiger partial charge in [0, 0.05) is 11.6 Å². The Kier molecular flexibility index (Phi) is 4.74. The first-order valence-corrected chi connectivity index (χ1v) is 7.90. The molecule has 2 rings (SSSR count). The topological polar surface area (TPSA) is 21.3 Å². The van der Waals surface area contributed by atoms with Gasteiger partial charge in [0.25, 0.3) is 0 Å². The summed E-state index contributed by atoms with van der Waals surface area (Å²) in [6.07, 6.45) is 4.94. The zero-order valence-electron chi connectivity index (χ0n) is 13.7. The lowest BCUT2D eigenvalue weighted by Crippen LogP contribution is -2.29. The lowest BCUT2D eigenvalue weighted by molar-refractivity contribution is 0.379. The Bertz CT molecular complexity index is 469. The van der Waals surface area contributed by atoms with Crippen LogP contribution in [0.15, 0.2) is 12.1 Å². The van der Waals surface area contributed by atoms with Crippen LogP contribution >= 0.6 is 0 Å². The van der Waals surface area contributed by atoms with Crippen LogP contribution in [0.1, 0.15) is 56.2 Å². The predicted octanol–water partition coefficient (Wildman–Crippen LogP) is 4.12. The Hall–Kier alpha value is -1.02. The average Bonchev–Trinajstić information content (AvgIpc) is 2.82. The van der Waals surface area contributed by atoms with Crippen LogP contribution in [0.3, 0.4) is 0 Å². The molecule has 1 N–H and O–H groups in total. The Morgan fingerprint density at radius 3 is 2.75 bits per heavy atom. The molecule has 0 spiro atoms. The van der Waals surface area contributed by atoms with E-state index in [1.807, 2.05) is 0 Å². The number of aryl methyl sites for hydroxylation is 1. The third-order valence-electron chi connectivity index (χ3n) is 4.96. The highest BCUT2D eigenvalue weighted by Gasteiger charge is 2.38. The second-order valence-corrected chi connectivity index (χ2v) is 6.54. The summed E-state index contributed by atoms with van der Waals surface area (Å²) in [7, 11) is 1.80. The summed E-state index contributed by atoms with van der Waals surface area (Å²) < 4.78 is 5.73. The van der Waals surface area contributed by atoms with Crippen LogP contribution in [-0.2, 0) is 5.41 Å². The van der Waals surface area contributed by atoms with Gasteiger partial charge in [-0.2, -0.15) is 0 Å². The van der Waals surface area contributed by atoms with E-state index >= 15 is 0 Å². The summed E-state index contributed by atoms with van der Waals surface area (Å²) in [4.78, 5) is 0. The summed E-state index contributed by atoms with van der Waals surface area (Å²) in [6, 6.07) is 5.18. The zero-order chi connectivity index (χ0) is 14.8. The average molecular weight is 275 g/mol. The molecule has 0 bridgehead atoms. The molecule has 0 aromatic heterocycles. The molecule has 1 saturated carbocycles. The second-order valence-electron chi connectivity index (χ2n) is 6.54. The molecule has 0 heterocycles. The van der Waals surface area contributed by atoms with Crippen molar-refractivity contribution < 1.29 is 4.74 Å². The summed E-state index contributed by atoms with van der Waals surface area (Å²) >= 11 is 0. The molecule has 0 aliphatic heterocycles. The minimum Gasteiger partial charge on any atom is -0.496 e. The smallest absolute Gasteiger partial charge is 0.125 e. The number of hydrogen-bond donors (Lipinski definition) is 1. The maximum Gasteiger partial charge on any atom is 0.125 e. The summed E-state index contributed by atoms with van der Waals surface area (Å²) in [5.74, 6) is 1.10. The van der Waals surface area contributed by atoms with Gasteiger partial charge >= 0.3 is 0 Å². The van der Waals surface area contributed by atoms with Crippen LogP contribution in [0.25, 0.3) is 0 Å². The maximum atomic E-state index is 5.73. The van der Waals surface area contributed by atoms with Crippen molar-refractivity contribution in [2.45, 2.75) is 64.8 Å². The van der Waals surface area contributed by atoms with E-state index < -0.39 is 0 Å². The molecule has 2 nitrogen and oxygen atoms in total.